The van der Waals surface area contributed by atoms with E-state index in [1.54, 1.807) is 42.3 Å². The van der Waals surface area contributed by atoms with Gasteiger partial charge in [0.25, 0.3) is 0 Å². The number of benzene rings is 1. The summed E-state index contributed by atoms with van der Waals surface area (Å²) in [6.45, 7) is 2.10. The van der Waals surface area contributed by atoms with Gasteiger partial charge in [0.15, 0.2) is 0 Å². The zero-order valence-corrected chi connectivity index (χ0v) is 22.1. The van der Waals surface area contributed by atoms with E-state index < -0.39 is 17.2 Å². The summed E-state index contributed by atoms with van der Waals surface area (Å²) in [6, 6.07) is 8.14. The Labute approximate surface area is 226 Å². The van der Waals surface area contributed by atoms with Gasteiger partial charge >= 0.3 is 0 Å². The van der Waals surface area contributed by atoms with Crippen LogP contribution in [0.2, 0.25) is 0 Å². The molecule has 0 aliphatic heterocycles. The van der Waals surface area contributed by atoms with Crippen molar-refractivity contribution in [3.8, 4) is 11.3 Å². The molecule has 0 saturated heterocycles. The molecule has 202 valence electrons. The Hall–Kier alpha value is -3.69. The molecule has 1 fully saturated rings. The minimum absolute atomic E-state index is 0.00450. The second-order valence-electron chi connectivity index (χ2n) is 10.8. The fraction of sp³-hybridized carbons (Fsp3) is 0.367. The van der Waals surface area contributed by atoms with Gasteiger partial charge in [0, 0.05) is 19.3 Å². The Morgan fingerprint density at radius 1 is 1.10 bits per heavy atom. The van der Waals surface area contributed by atoms with Crippen LogP contribution in [0.3, 0.4) is 0 Å². The summed E-state index contributed by atoms with van der Waals surface area (Å²) in [4.78, 5) is 8.80. The van der Waals surface area contributed by atoms with Gasteiger partial charge in [0.1, 0.15) is 11.6 Å². The lowest BCUT2D eigenvalue weighted by atomic mass is 9.82. The highest BCUT2D eigenvalue weighted by Gasteiger charge is 2.37. The van der Waals surface area contributed by atoms with Crippen LogP contribution in [0.5, 0.6) is 0 Å². The van der Waals surface area contributed by atoms with Crippen LogP contribution < -0.4 is 11.1 Å². The zero-order chi connectivity index (χ0) is 27.1. The van der Waals surface area contributed by atoms with E-state index in [1.807, 2.05) is 6.07 Å². The molecule has 9 heteroatoms. The van der Waals surface area contributed by atoms with Crippen LogP contribution in [0.25, 0.3) is 16.8 Å². The van der Waals surface area contributed by atoms with Crippen LogP contribution in [0, 0.1) is 11.6 Å². The van der Waals surface area contributed by atoms with E-state index in [9.17, 15) is 0 Å². The highest BCUT2D eigenvalue weighted by molar-refractivity contribution is 5.66. The SMILES string of the molecule is COC1(c2cc(F)c(-c3ccc4cnc(Nc5cnccc5[C@@H]5CC(C)=C[C@H](N)C5)n4n3)c(F)c2)CCCC1. The van der Waals surface area contributed by atoms with E-state index in [0.717, 1.165) is 49.8 Å². The molecule has 3 heterocycles. The Kier molecular flexibility index (Phi) is 6.64. The number of aromatic nitrogens is 4. The van der Waals surface area contributed by atoms with Crippen molar-refractivity contribution in [2.45, 2.75) is 63.0 Å². The van der Waals surface area contributed by atoms with Crippen LogP contribution >= 0.6 is 0 Å². The number of anilines is 2. The number of fused-ring (bicyclic) bond motifs is 1. The smallest absolute Gasteiger partial charge is 0.229 e. The van der Waals surface area contributed by atoms with Gasteiger partial charge in [-0.3, -0.25) is 4.98 Å². The molecule has 2 atom stereocenters. The molecule has 6 rings (SSSR count). The number of ether oxygens (including phenoxy) is 1. The molecule has 0 unspecified atom stereocenters. The number of imidazole rings is 1. The molecular weight excluding hydrogens is 498 g/mol. The molecule has 1 saturated carbocycles. The predicted molar refractivity (Wildman–Crippen MR) is 147 cm³/mol. The maximum Gasteiger partial charge on any atom is 0.229 e. The zero-order valence-electron chi connectivity index (χ0n) is 22.1. The lowest BCUT2D eigenvalue weighted by Crippen LogP contribution is -2.25. The first kappa shape index (κ1) is 25.6. The fourth-order valence-corrected chi connectivity index (χ4v) is 6.26. The van der Waals surface area contributed by atoms with Crippen LogP contribution in [0.1, 0.15) is 62.5 Å². The van der Waals surface area contributed by atoms with Crippen molar-refractivity contribution < 1.29 is 13.5 Å². The minimum Gasteiger partial charge on any atom is -0.374 e. The van der Waals surface area contributed by atoms with Gasteiger partial charge in [-0.2, -0.15) is 9.61 Å². The average molecular weight is 531 g/mol. The van der Waals surface area contributed by atoms with E-state index in [2.05, 4.69) is 33.4 Å². The maximum atomic E-state index is 15.5. The predicted octanol–water partition coefficient (Wildman–Crippen LogP) is 6.38. The Bertz CT molecular complexity index is 1540. The lowest BCUT2D eigenvalue weighted by molar-refractivity contribution is -0.00914. The van der Waals surface area contributed by atoms with E-state index in [1.165, 1.54) is 17.7 Å². The molecule has 0 spiro atoms. The Balaban J connectivity index is 1.35. The normalized spacial score (nSPS) is 20.8. The fourth-order valence-electron chi connectivity index (χ4n) is 6.26. The number of nitrogens with zero attached hydrogens (tertiary/aromatic N) is 4. The number of nitrogens with one attached hydrogen (secondary N) is 1. The van der Waals surface area contributed by atoms with Gasteiger partial charge in [-0.1, -0.05) is 24.5 Å². The summed E-state index contributed by atoms with van der Waals surface area (Å²) in [5, 5.41) is 7.94. The molecule has 3 aromatic heterocycles. The van der Waals surface area contributed by atoms with Crippen molar-refractivity contribution in [3.05, 3.63) is 83.3 Å². The highest BCUT2D eigenvalue weighted by atomic mass is 19.1. The van der Waals surface area contributed by atoms with Crippen molar-refractivity contribution in [2.75, 3.05) is 12.4 Å². The largest absolute Gasteiger partial charge is 0.374 e. The third kappa shape index (κ3) is 4.70. The topological polar surface area (TPSA) is 90.4 Å². The summed E-state index contributed by atoms with van der Waals surface area (Å²) in [7, 11) is 1.60. The summed E-state index contributed by atoms with van der Waals surface area (Å²) in [5.74, 6) is -0.666. The first-order valence-corrected chi connectivity index (χ1v) is 13.4. The Morgan fingerprint density at radius 2 is 1.87 bits per heavy atom. The van der Waals surface area contributed by atoms with Gasteiger partial charge in [-0.15, -0.1) is 0 Å². The number of halogens is 2. The summed E-state index contributed by atoms with van der Waals surface area (Å²) >= 11 is 0. The molecule has 1 aromatic carbocycles. The summed E-state index contributed by atoms with van der Waals surface area (Å²) in [5.41, 5.74) is 9.99. The van der Waals surface area contributed by atoms with Crippen molar-refractivity contribution in [1.29, 1.82) is 0 Å². The van der Waals surface area contributed by atoms with Crippen LogP contribution in [-0.2, 0) is 10.3 Å². The third-order valence-corrected chi connectivity index (χ3v) is 8.18. The van der Waals surface area contributed by atoms with Crippen molar-refractivity contribution >= 4 is 17.2 Å². The van der Waals surface area contributed by atoms with Gasteiger partial charge in [-0.25, -0.2) is 13.8 Å². The second-order valence-corrected chi connectivity index (χ2v) is 10.8. The maximum absolute atomic E-state index is 15.5. The molecule has 39 heavy (non-hydrogen) atoms. The highest BCUT2D eigenvalue weighted by Crippen LogP contribution is 2.43. The quantitative estimate of drug-likeness (QED) is 0.281. The minimum atomic E-state index is -0.665. The van der Waals surface area contributed by atoms with Crippen LogP contribution in [0.15, 0.2) is 60.6 Å². The van der Waals surface area contributed by atoms with E-state index in [-0.39, 0.29) is 23.2 Å². The van der Waals surface area contributed by atoms with Crippen LogP contribution in [0.4, 0.5) is 20.4 Å². The van der Waals surface area contributed by atoms with Crippen molar-refractivity contribution in [1.82, 2.24) is 19.6 Å². The van der Waals surface area contributed by atoms with E-state index in [4.69, 9.17) is 10.5 Å². The first-order valence-electron chi connectivity index (χ1n) is 13.4. The summed E-state index contributed by atoms with van der Waals surface area (Å²) in [6.07, 6.45) is 12.5. The third-order valence-electron chi connectivity index (χ3n) is 8.18. The van der Waals surface area contributed by atoms with Crippen LogP contribution in [-0.4, -0.2) is 32.7 Å². The molecule has 0 radical (unpaired) electrons. The molecule has 0 amide bonds. The van der Waals surface area contributed by atoms with Gasteiger partial charge in [0.2, 0.25) is 5.95 Å². The number of methoxy groups -OCH3 is 1. The van der Waals surface area contributed by atoms with Gasteiger partial charge < -0.3 is 15.8 Å². The monoisotopic (exact) mass is 530 g/mol. The molecule has 2 aliphatic carbocycles. The van der Waals surface area contributed by atoms with Crippen molar-refractivity contribution in [2.24, 2.45) is 5.73 Å². The van der Waals surface area contributed by atoms with E-state index in [0.29, 0.717) is 17.0 Å². The van der Waals surface area contributed by atoms with Gasteiger partial charge in [0.05, 0.1) is 40.5 Å². The number of pyridine rings is 1. The lowest BCUT2D eigenvalue weighted by Gasteiger charge is -2.28. The van der Waals surface area contributed by atoms with E-state index >= 15 is 8.78 Å². The molecule has 0 bridgehead atoms. The number of hydrogen-bond acceptors (Lipinski definition) is 6. The summed E-state index contributed by atoms with van der Waals surface area (Å²) < 4.78 is 38.2. The molecule has 3 N–H and O–H groups in total. The first-order chi connectivity index (χ1) is 18.9. The Morgan fingerprint density at radius 3 is 2.59 bits per heavy atom. The number of allylic oxidation sites excluding steroid dienone is 1. The average Bonchev–Trinajstić information content (AvgIpc) is 3.56. The molecule has 4 aromatic rings. The molecule has 7 nitrogen and oxygen atoms in total. The van der Waals surface area contributed by atoms with Crippen molar-refractivity contribution in [3.63, 3.8) is 0 Å². The number of rotatable bonds is 6. The molecule has 2 aliphatic rings. The number of hydrogen-bond donors (Lipinski definition) is 2. The van der Waals surface area contributed by atoms with Gasteiger partial charge in [-0.05, 0) is 80.0 Å². The second kappa shape index (κ2) is 10.1. The number of nitrogens with two attached hydrogens (primary N) is 1. The standard InChI is InChI=1S/C30H32F2N6O/c1-18-11-19(13-21(33)12-18)23-7-10-34-17-27(23)36-29-35-16-22-5-6-26(37-38(22)29)28-24(31)14-20(15-25(28)32)30(39-2)8-3-4-9-30/h5-7,10,12,14-17,19,21H,3-4,8-9,11,13,33H2,1-2H3,(H,35,36)/t19-,21+/m1/s1. The molecular formula is C30H32F2N6O.